The molecule has 0 aliphatic carbocycles. The van der Waals surface area contributed by atoms with Gasteiger partial charge in [-0.05, 0) is 19.1 Å². The molecule has 0 aliphatic heterocycles. The number of carbonyl (C=O) groups is 2. The molecule has 0 saturated carbocycles. The average Bonchev–Trinajstić information content (AvgIpc) is 2.37. The van der Waals surface area contributed by atoms with Crippen LogP contribution in [0.3, 0.4) is 0 Å². The molecular formula is C12H12F2O5. The first-order chi connectivity index (χ1) is 8.84. The second-order valence-corrected chi connectivity index (χ2v) is 3.52. The van der Waals surface area contributed by atoms with Crippen LogP contribution in [-0.2, 0) is 15.5 Å². The van der Waals surface area contributed by atoms with Crippen LogP contribution in [0, 0.1) is 0 Å². The SMILES string of the molecule is CCOC(=O)C(F)(F)c1ccc(C(=O)O)c(OC)c1. The Hall–Kier alpha value is -2.18. The van der Waals surface area contributed by atoms with E-state index in [1.807, 2.05) is 0 Å². The van der Waals surface area contributed by atoms with E-state index in [0.717, 1.165) is 25.3 Å². The lowest BCUT2D eigenvalue weighted by Crippen LogP contribution is -2.28. The van der Waals surface area contributed by atoms with Gasteiger partial charge in [-0.3, -0.25) is 0 Å². The largest absolute Gasteiger partial charge is 0.496 e. The number of esters is 1. The quantitative estimate of drug-likeness (QED) is 0.832. The Balaban J connectivity index is 3.21. The van der Waals surface area contributed by atoms with Crippen LogP contribution >= 0.6 is 0 Å². The highest BCUT2D eigenvalue weighted by Gasteiger charge is 2.43. The van der Waals surface area contributed by atoms with E-state index in [-0.39, 0.29) is 17.9 Å². The number of methoxy groups -OCH3 is 1. The van der Waals surface area contributed by atoms with Gasteiger partial charge in [0.25, 0.3) is 0 Å². The second-order valence-electron chi connectivity index (χ2n) is 3.52. The maximum absolute atomic E-state index is 13.7. The van der Waals surface area contributed by atoms with Crippen LogP contribution < -0.4 is 4.74 Å². The first kappa shape index (κ1) is 14.9. The molecule has 0 aromatic heterocycles. The van der Waals surface area contributed by atoms with Crippen LogP contribution in [0.5, 0.6) is 5.75 Å². The highest BCUT2D eigenvalue weighted by Crippen LogP contribution is 2.33. The van der Waals surface area contributed by atoms with E-state index in [9.17, 15) is 18.4 Å². The predicted molar refractivity (Wildman–Crippen MR) is 60.5 cm³/mol. The number of carbonyl (C=O) groups excluding carboxylic acids is 1. The van der Waals surface area contributed by atoms with Crippen LogP contribution in [0.25, 0.3) is 0 Å². The molecule has 0 amide bonds. The number of ether oxygens (including phenoxy) is 2. The van der Waals surface area contributed by atoms with Gasteiger partial charge in [0.2, 0.25) is 0 Å². The summed E-state index contributed by atoms with van der Waals surface area (Å²) < 4.78 is 36.4. The number of carboxylic acids is 1. The molecule has 7 heteroatoms. The van der Waals surface area contributed by atoms with Crippen molar-refractivity contribution in [2.75, 3.05) is 13.7 Å². The minimum Gasteiger partial charge on any atom is -0.496 e. The third kappa shape index (κ3) is 2.98. The Bertz CT molecular complexity index is 499. The molecule has 1 aromatic carbocycles. The van der Waals surface area contributed by atoms with E-state index in [0.29, 0.717) is 0 Å². The van der Waals surface area contributed by atoms with Gasteiger partial charge in [-0.1, -0.05) is 6.07 Å². The second kappa shape index (κ2) is 5.64. The number of rotatable bonds is 5. The molecular weight excluding hydrogens is 262 g/mol. The van der Waals surface area contributed by atoms with Gasteiger partial charge >= 0.3 is 17.9 Å². The summed E-state index contributed by atoms with van der Waals surface area (Å²) in [7, 11) is 1.15. The maximum atomic E-state index is 13.7. The van der Waals surface area contributed by atoms with Crippen molar-refractivity contribution >= 4 is 11.9 Å². The Morgan fingerprint density at radius 1 is 1.37 bits per heavy atom. The highest BCUT2D eigenvalue weighted by atomic mass is 19.3. The van der Waals surface area contributed by atoms with Gasteiger partial charge in [-0.25, -0.2) is 9.59 Å². The zero-order chi connectivity index (χ0) is 14.6. The summed E-state index contributed by atoms with van der Waals surface area (Å²) >= 11 is 0. The summed E-state index contributed by atoms with van der Waals surface area (Å²) in [4.78, 5) is 22.0. The van der Waals surface area contributed by atoms with Crippen LogP contribution in [0.15, 0.2) is 18.2 Å². The summed E-state index contributed by atoms with van der Waals surface area (Å²) in [5.41, 5.74) is -0.960. The number of hydrogen-bond acceptors (Lipinski definition) is 4. The van der Waals surface area contributed by atoms with Gasteiger partial charge in [0.15, 0.2) is 0 Å². The third-order valence-electron chi connectivity index (χ3n) is 2.33. The van der Waals surface area contributed by atoms with Gasteiger partial charge in [0.05, 0.1) is 13.7 Å². The van der Waals surface area contributed by atoms with Crippen molar-refractivity contribution < 1.29 is 33.0 Å². The Morgan fingerprint density at radius 3 is 2.47 bits per heavy atom. The lowest BCUT2D eigenvalue weighted by Gasteiger charge is -2.16. The summed E-state index contributed by atoms with van der Waals surface area (Å²) in [6.07, 6.45) is 0. The molecule has 0 radical (unpaired) electrons. The van der Waals surface area contributed by atoms with Gasteiger partial charge in [0, 0.05) is 5.56 Å². The molecule has 104 valence electrons. The molecule has 0 atom stereocenters. The van der Waals surface area contributed by atoms with Crippen LogP contribution in [0.2, 0.25) is 0 Å². The van der Waals surface area contributed by atoms with Gasteiger partial charge in [0.1, 0.15) is 11.3 Å². The minimum atomic E-state index is -3.86. The van der Waals surface area contributed by atoms with Gasteiger partial charge < -0.3 is 14.6 Å². The van der Waals surface area contributed by atoms with Crippen molar-refractivity contribution in [2.24, 2.45) is 0 Å². The van der Waals surface area contributed by atoms with Crippen molar-refractivity contribution in [3.63, 3.8) is 0 Å². The number of halogens is 2. The zero-order valence-corrected chi connectivity index (χ0v) is 10.3. The van der Waals surface area contributed by atoms with Gasteiger partial charge in [-0.15, -0.1) is 0 Å². The Labute approximate surface area is 107 Å². The van der Waals surface area contributed by atoms with Crippen molar-refractivity contribution in [1.82, 2.24) is 0 Å². The molecule has 1 N–H and O–H groups in total. The van der Waals surface area contributed by atoms with Crippen molar-refractivity contribution in [2.45, 2.75) is 12.8 Å². The monoisotopic (exact) mass is 274 g/mol. The fourth-order valence-corrected chi connectivity index (χ4v) is 1.40. The number of hydrogen-bond donors (Lipinski definition) is 1. The predicted octanol–water partition coefficient (Wildman–Crippen LogP) is 2.05. The molecule has 1 aromatic rings. The van der Waals surface area contributed by atoms with Crippen LogP contribution in [0.4, 0.5) is 8.78 Å². The van der Waals surface area contributed by atoms with Crippen LogP contribution in [-0.4, -0.2) is 30.8 Å². The standard InChI is InChI=1S/C12H12F2O5/c1-3-19-11(17)12(13,14)7-4-5-8(10(15)16)9(6-7)18-2/h4-6H,3H2,1-2H3,(H,15,16). The minimum absolute atomic E-state index is 0.182. The summed E-state index contributed by atoms with van der Waals surface area (Å²) in [5, 5.41) is 8.82. The Kier molecular flexibility index (Phi) is 4.42. The molecule has 0 aliphatic rings. The van der Waals surface area contributed by atoms with E-state index in [2.05, 4.69) is 4.74 Å². The first-order valence-corrected chi connectivity index (χ1v) is 5.31. The van der Waals surface area contributed by atoms with Crippen molar-refractivity contribution in [3.05, 3.63) is 29.3 Å². The van der Waals surface area contributed by atoms with E-state index in [1.165, 1.54) is 6.92 Å². The average molecular weight is 274 g/mol. The molecule has 0 bridgehead atoms. The zero-order valence-electron chi connectivity index (χ0n) is 10.3. The number of carboxylic acid groups (broad SMARTS) is 1. The number of aromatic carboxylic acids is 1. The molecule has 0 spiro atoms. The smallest absolute Gasteiger partial charge is 0.381 e. The van der Waals surface area contributed by atoms with E-state index in [1.54, 1.807) is 0 Å². The molecule has 19 heavy (non-hydrogen) atoms. The number of alkyl halides is 2. The van der Waals surface area contributed by atoms with Crippen molar-refractivity contribution in [3.8, 4) is 5.75 Å². The molecule has 0 unspecified atom stereocenters. The lowest BCUT2D eigenvalue weighted by molar-refractivity contribution is -0.173. The molecule has 0 fully saturated rings. The van der Waals surface area contributed by atoms with E-state index >= 15 is 0 Å². The van der Waals surface area contributed by atoms with Crippen LogP contribution in [0.1, 0.15) is 22.8 Å². The van der Waals surface area contributed by atoms with Crippen molar-refractivity contribution in [1.29, 1.82) is 0 Å². The molecule has 0 saturated heterocycles. The van der Waals surface area contributed by atoms with Gasteiger partial charge in [-0.2, -0.15) is 8.78 Å². The maximum Gasteiger partial charge on any atom is 0.381 e. The summed E-state index contributed by atoms with van der Waals surface area (Å²) in [5.74, 6) is -7.13. The fourth-order valence-electron chi connectivity index (χ4n) is 1.40. The number of benzene rings is 1. The summed E-state index contributed by atoms with van der Waals surface area (Å²) in [6.45, 7) is 1.22. The fraction of sp³-hybridized carbons (Fsp3) is 0.333. The third-order valence-corrected chi connectivity index (χ3v) is 2.33. The highest BCUT2D eigenvalue weighted by molar-refractivity contribution is 5.91. The van der Waals surface area contributed by atoms with E-state index in [4.69, 9.17) is 9.84 Å². The topological polar surface area (TPSA) is 72.8 Å². The Morgan fingerprint density at radius 2 is 2.00 bits per heavy atom. The molecule has 0 heterocycles. The van der Waals surface area contributed by atoms with E-state index < -0.39 is 23.4 Å². The normalized spacial score (nSPS) is 10.9. The summed E-state index contributed by atoms with van der Waals surface area (Å²) in [6, 6.07) is 2.60. The molecule has 5 nitrogen and oxygen atoms in total. The first-order valence-electron chi connectivity index (χ1n) is 5.31. The molecule has 1 rings (SSSR count). The lowest BCUT2D eigenvalue weighted by atomic mass is 10.0.